The molecule has 0 aliphatic carbocycles. The van der Waals surface area contributed by atoms with E-state index in [9.17, 15) is 14.8 Å². The Morgan fingerprint density at radius 3 is 2.40 bits per heavy atom. The van der Waals surface area contributed by atoms with Gasteiger partial charge in [0.1, 0.15) is 10.7 Å². The van der Waals surface area contributed by atoms with E-state index in [4.69, 9.17) is 0 Å². The molecule has 4 N–H and O–H groups in total. The molecule has 0 spiro atoms. The van der Waals surface area contributed by atoms with Crippen LogP contribution in [0.15, 0.2) is 72.8 Å². The van der Waals surface area contributed by atoms with Crippen LogP contribution in [0.4, 0.5) is 16.4 Å². The summed E-state index contributed by atoms with van der Waals surface area (Å²) >= 11 is 1.35. The van der Waals surface area contributed by atoms with Crippen molar-refractivity contribution < 1.29 is 15.1 Å². The maximum atomic E-state index is 13.1. The molecule has 0 aliphatic heterocycles. The molecule has 0 aliphatic rings. The van der Waals surface area contributed by atoms with E-state index >= 15 is 0 Å². The topological polar surface area (TPSA) is 97.9 Å². The molecule has 3 aromatic carbocycles. The predicted molar refractivity (Wildman–Crippen MR) is 120 cm³/mol. The summed E-state index contributed by atoms with van der Waals surface area (Å²) in [4.78, 5) is 25.9. The molecule has 30 heavy (non-hydrogen) atoms. The first-order valence-corrected chi connectivity index (χ1v) is 10.1. The van der Waals surface area contributed by atoms with E-state index in [-0.39, 0.29) is 11.8 Å². The predicted octanol–water partition coefficient (Wildman–Crippen LogP) is 4.41. The third-order valence-electron chi connectivity index (χ3n) is 4.63. The zero-order valence-corrected chi connectivity index (χ0v) is 17.0. The monoisotopic (exact) mass is 417 g/mol. The second kappa shape index (κ2) is 8.46. The van der Waals surface area contributed by atoms with Gasteiger partial charge in [-0.3, -0.25) is 9.59 Å². The van der Waals surface area contributed by atoms with Crippen LogP contribution in [-0.4, -0.2) is 11.8 Å². The van der Waals surface area contributed by atoms with Gasteiger partial charge in [-0.2, -0.15) is 0 Å². The molecular formula is C23H19N3O3S. The van der Waals surface area contributed by atoms with Crippen molar-refractivity contribution in [1.82, 2.24) is 0 Å². The SMILES string of the molecule is Cc1cccc(NC(=O)c2c(NC(=O)c3ccc([NH2+][O-])cc3)sc3ccccc23)c1. The summed E-state index contributed by atoms with van der Waals surface area (Å²) in [6.45, 7) is 1.96. The molecule has 150 valence electrons. The first-order chi connectivity index (χ1) is 14.5. The number of amides is 2. The number of thiophene rings is 1. The Bertz CT molecular complexity index is 1230. The number of nitrogens with one attached hydrogen (secondary N) is 2. The number of nitrogens with two attached hydrogens (primary N) is 1. The van der Waals surface area contributed by atoms with Crippen LogP contribution in [-0.2, 0) is 0 Å². The van der Waals surface area contributed by atoms with Gasteiger partial charge in [0.25, 0.3) is 11.8 Å². The standard InChI is InChI=1S/C23H19N3O3S/c1-14-5-4-6-17(13-14)24-22(28)20-18-7-2-3-8-19(18)30-23(20)25-21(27)15-9-11-16(26-29)12-10-15/h2-13H,26H2,1H3,(H,24,28)(H,25,27). The van der Waals surface area contributed by atoms with Crippen molar-refractivity contribution in [2.45, 2.75) is 6.92 Å². The van der Waals surface area contributed by atoms with Crippen LogP contribution in [0, 0.1) is 12.1 Å². The van der Waals surface area contributed by atoms with Crippen molar-refractivity contribution in [3.8, 4) is 0 Å². The molecule has 1 aromatic heterocycles. The number of quaternary nitrogens is 1. The maximum Gasteiger partial charge on any atom is 0.259 e. The minimum Gasteiger partial charge on any atom is -0.630 e. The second-order valence-corrected chi connectivity index (χ2v) is 7.87. The third kappa shape index (κ3) is 4.08. The highest BCUT2D eigenvalue weighted by Crippen LogP contribution is 2.36. The number of hydrogen-bond donors (Lipinski definition) is 3. The largest absolute Gasteiger partial charge is 0.630 e. The van der Waals surface area contributed by atoms with E-state index < -0.39 is 0 Å². The number of hydrogen-bond acceptors (Lipinski definition) is 4. The van der Waals surface area contributed by atoms with Crippen molar-refractivity contribution >= 4 is 49.6 Å². The number of fused-ring (bicyclic) bond motifs is 1. The molecule has 0 unspecified atom stereocenters. The van der Waals surface area contributed by atoms with Crippen LogP contribution in [0.1, 0.15) is 26.3 Å². The van der Waals surface area contributed by atoms with Gasteiger partial charge < -0.3 is 21.3 Å². The molecular weight excluding hydrogens is 398 g/mol. The van der Waals surface area contributed by atoms with Crippen LogP contribution < -0.4 is 16.1 Å². The Morgan fingerprint density at radius 1 is 0.900 bits per heavy atom. The smallest absolute Gasteiger partial charge is 0.259 e. The van der Waals surface area contributed by atoms with E-state index in [1.54, 1.807) is 24.3 Å². The van der Waals surface area contributed by atoms with Crippen LogP contribution in [0.25, 0.3) is 10.1 Å². The molecule has 2 amide bonds. The Morgan fingerprint density at radius 2 is 1.67 bits per heavy atom. The molecule has 0 fully saturated rings. The second-order valence-electron chi connectivity index (χ2n) is 6.82. The quantitative estimate of drug-likeness (QED) is 0.331. The summed E-state index contributed by atoms with van der Waals surface area (Å²) in [5, 5.41) is 17.9. The lowest BCUT2D eigenvalue weighted by Crippen LogP contribution is -2.70. The van der Waals surface area contributed by atoms with Crippen molar-refractivity contribution in [2.75, 3.05) is 10.6 Å². The fourth-order valence-corrected chi connectivity index (χ4v) is 4.26. The van der Waals surface area contributed by atoms with Crippen molar-refractivity contribution in [1.29, 1.82) is 0 Å². The molecule has 0 bridgehead atoms. The molecule has 0 saturated heterocycles. The lowest BCUT2D eigenvalue weighted by atomic mass is 10.1. The highest BCUT2D eigenvalue weighted by molar-refractivity contribution is 7.23. The fraction of sp³-hybridized carbons (Fsp3) is 0.0435. The molecule has 0 radical (unpaired) electrons. The molecule has 0 atom stereocenters. The average Bonchev–Trinajstić information content (AvgIpc) is 3.11. The highest BCUT2D eigenvalue weighted by Gasteiger charge is 2.21. The number of carbonyl (C=O) groups is 2. The van der Waals surface area contributed by atoms with Gasteiger partial charge in [-0.05, 0) is 42.8 Å². The molecule has 4 rings (SSSR count). The number of aryl methyl sites for hydroxylation is 1. The van der Waals surface area contributed by atoms with E-state index in [1.807, 2.05) is 55.5 Å². The average molecular weight is 417 g/mol. The van der Waals surface area contributed by atoms with Gasteiger partial charge in [0.15, 0.2) is 0 Å². The lowest BCUT2D eigenvalue weighted by molar-refractivity contribution is -0.497. The molecule has 1 heterocycles. The van der Waals surface area contributed by atoms with Gasteiger partial charge in [-0.1, -0.05) is 30.3 Å². The zero-order valence-electron chi connectivity index (χ0n) is 16.1. The minimum absolute atomic E-state index is 0.287. The third-order valence-corrected chi connectivity index (χ3v) is 5.72. The molecule has 0 saturated carbocycles. The van der Waals surface area contributed by atoms with Gasteiger partial charge in [0, 0.05) is 33.5 Å². The van der Waals surface area contributed by atoms with Gasteiger partial charge >= 0.3 is 0 Å². The Kier molecular flexibility index (Phi) is 5.58. The summed E-state index contributed by atoms with van der Waals surface area (Å²) in [7, 11) is 0. The Balaban J connectivity index is 1.67. The van der Waals surface area contributed by atoms with E-state index in [0.717, 1.165) is 21.1 Å². The van der Waals surface area contributed by atoms with Crippen LogP contribution in [0.5, 0.6) is 0 Å². The van der Waals surface area contributed by atoms with Crippen LogP contribution in [0.3, 0.4) is 0 Å². The Labute approximate surface area is 177 Å². The lowest BCUT2D eigenvalue weighted by Gasteiger charge is -2.09. The van der Waals surface area contributed by atoms with Crippen LogP contribution >= 0.6 is 11.3 Å². The van der Waals surface area contributed by atoms with Crippen molar-refractivity contribution in [3.05, 3.63) is 94.7 Å². The van der Waals surface area contributed by atoms with Gasteiger partial charge in [0.2, 0.25) is 0 Å². The normalized spacial score (nSPS) is 10.7. The number of rotatable bonds is 5. The molecule has 7 heteroatoms. The van der Waals surface area contributed by atoms with E-state index in [1.165, 1.54) is 11.3 Å². The maximum absolute atomic E-state index is 13.1. The summed E-state index contributed by atoms with van der Waals surface area (Å²) in [6.07, 6.45) is 0. The summed E-state index contributed by atoms with van der Waals surface area (Å²) in [5.41, 5.74) is 3.78. The summed E-state index contributed by atoms with van der Waals surface area (Å²) in [5.74, 6) is -0.631. The van der Waals surface area contributed by atoms with Gasteiger partial charge in [-0.15, -0.1) is 11.3 Å². The van der Waals surface area contributed by atoms with E-state index in [2.05, 4.69) is 10.6 Å². The summed E-state index contributed by atoms with van der Waals surface area (Å²) in [6, 6.07) is 21.4. The first kappa shape index (κ1) is 19.8. The summed E-state index contributed by atoms with van der Waals surface area (Å²) < 4.78 is 0.901. The van der Waals surface area contributed by atoms with Gasteiger partial charge in [0.05, 0.1) is 5.56 Å². The van der Waals surface area contributed by atoms with Crippen molar-refractivity contribution in [3.63, 3.8) is 0 Å². The Hall–Kier alpha value is -3.52. The highest BCUT2D eigenvalue weighted by atomic mass is 32.1. The van der Waals surface area contributed by atoms with E-state index in [0.29, 0.717) is 27.5 Å². The fourth-order valence-electron chi connectivity index (χ4n) is 3.16. The van der Waals surface area contributed by atoms with Crippen LogP contribution in [0.2, 0.25) is 0 Å². The molecule has 6 nitrogen and oxygen atoms in total. The van der Waals surface area contributed by atoms with Crippen molar-refractivity contribution in [2.24, 2.45) is 0 Å². The number of benzene rings is 3. The molecule has 4 aromatic rings. The zero-order chi connectivity index (χ0) is 21.1. The number of anilines is 2. The van der Waals surface area contributed by atoms with Gasteiger partial charge in [-0.25, -0.2) is 0 Å². The minimum atomic E-state index is -0.344. The number of carbonyl (C=O) groups excluding carboxylic acids is 2. The first-order valence-electron chi connectivity index (χ1n) is 9.31.